The first-order chi connectivity index (χ1) is 11.2. The number of para-hydroxylation sites is 1. The van der Waals surface area contributed by atoms with Crippen molar-refractivity contribution in [3.05, 3.63) is 54.4 Å². The second-order valence-corrected chi connectivity index (χ2v) is 5.89. The molecule has 1 amide bonds. The van der Waals surface area contributed by atoms with Crippen LogP contribution >= 0.6 is 0 Å². The predicted molar refractivity (Wildman–Crippen MR) is 91.7 cm³/mol. The fourth-order valence-corrected chi connectivity index (χ4v) is 3.38. The molecule has 0 atom stereocenters. The lowest BCUT2D eigenvalue weighted by atomic mass is 10.0. The van der Waals surface area contributed by atoms with Gasteiger partial charge in [-0.1, -0.05) is 25.1 Å². The Labute approximate surface area is 136 Å². The van der Waals surface area contributed by atoms with Gasteiger partial charge in [0.15, 0.2) is 0 Å². The summed E-state index contributed by atoms with van der Waals surface area (Å²) in [6, 6.07) is 12.2. The Balaban J connectivity index is 1.71. The third kappa shape index (κ3) is 3.18. The molecule has 0 bridgehead atoms. The number of aryl methyl sites for hydroxylation is 1. The van der Waals surface area contributed by atoms with Gasteiger partial charge in [-0.15, -0.1) is 0 Å². The van der Waals surface area contributed by atoms with Gasteiger partial charge in [0, 0.05) is 31.2 Å². The second kappa shape index (κ2) is 6.77. The molecule has 1 aromatic heterocycles. The zero-order valence-corrected chi connectivity index (χ0v) is 13.4. The average molecular weight is 313 g/mol. The van der Waals surface area contributed by atoms with Crippen LogP contribution in [-0.4, -0.2) is 35.0 Å². The van der Waals surface area contributed by atoms with Crippen molar-refractivity contribution in [2.45, 2.75) is 32.2 Å². The lowest BCUT2D eigenvalue weighted by molar-refractivity contribution is 0.187. The number of carboxylic acid groups (broad SMARTS) is 1. The van der Waals surface area contributed by atoms with Crippen molar-refractivity contribution in [3.8, 4) is 0 Å². The molecule has 1 aromatic carbocycles. The summed E-state index contributed by atoms with van der Waals surface area (Å²) >= 11 is 0. The quantitative estimate of drug-likeness (QED) is 0.942. The molecule has 0 saturated carbocycles. The summed E-state index contributed by atoms with van der Waals surface area (Å²) < 4.78 is 1.67. The van der Waals surface area contributed by atoms with Crippen molar-refractivity contribution < 1.29 is 9.90 Å². The maximum absolute atomic E-state index is 11.6. The number of hydrogen-bond donors (Lipinski definition) is 1. The molecule has 0 radical (unpaired) electrons. The number of hydrogen-bond acceptors (Lipinski definition) is 2. The summed E-state index contributed by atoms with van der Waals surface area (Å²) in [6.07, 6.45) is 5.36. The van der Waals surface area contributed by atoms with E-state index in [2.05, 4.69) is 36.1 Å². The molecule has 23 heavy (non-hydrogen) atoms. The number of anilines is 1. The molecule has 1 saturated heterocycles. The molecule has 0 unspecified atom stereocenters. The minimum atomic E-state index is -0.895. The molecule has 1 aliphatic rings. The second-order valence-electron chi connectivity index (χ2n) is 5.89. The molecule has 1 aliphatic heterocycles. The molecule has 5 nitrogen and oxygen atoms in total. The average Bonchev–Trinajstić information content (AvgIpc) is 3.09. The Morgan fingerprint density at radius 3 is 2.43 bits per heavy atom. The lowest BCUT2D eigenvalue weighted by Gasteiger charge is -2.39. The van der Waals surface area contributed by atoms with Crippen LogP contribution in [0.4, 0.5) is 10.5 Å². The van der Waals surface area contributed by atoms with Crippen LogP contribution in [0.5, 0.6) is 0 Å². The van der Waals surface area contributed by atoms with Crippen LogP contribution in [0.1, 0.15) is 25.3 Å². The van der Waals surface area contributed by atoms with Gasteiger partial charge >= 0.3 is 6.09 Å². The van der Waals surface area contributed by atoms with Crippen molar-refractivity contribution >= 4 is 11.8 Å². The van der Waals surface area contributed by atoms with Gasteiger partial charge in [-0.2, -0.15) is 0 Å². The molecule has 5 heteroatoms. The van der Waals surface area contributed by atoms with E-state index in [4.69, 9.17) is 0 Å². The van der Waals surface area contributed by atoms with Gasteiger partial charge in [0.05, 0.1) is 6.04 Å². The van der Waals surface area contributed by atoms with E-state index in [0.29, 0.717) is 0 Å². The molecular weight excluding hydrogens is 290 g/mol. The van der Waals surface area contributed by atoms with Gasteiger partial charge in [0.2, 0.25) is 0 Å². The lowest BCUT2D eigenvalue weighted by Crippen LogP contribution is -2.52. The van der Waals surface area contributed by atoms with Crippen LogP contribution in [-0.2, 0) is 6.42 Å². The molecular formula is C18H23N3O2. The van der Waals surface area contributed by atoms with E-state index in [1.165, 1.54) is 16.3 Å². The highest BCUT2D eigenvalue weighted by atomic mass is 16.4. The van der Waals surface area contributed by atoms with Gasteiger partial charge in [-0.3, -0.25) is 4.68 Å². The van der Waals surface area contributed by atoms with Crippen molar-refractivity contribution in [3.63, 3.8) is 0 Å². The van der Waals surface area contributed by atoms with Crippen molar-refractivity contribution in [2.75, 3.05) is 23.0 Å². The number of carbonyl (C=O) groups is 1. The van der Waals surface area contributed by atoms with E-state index in [9.17, 15) is 9.90 Å². The van der Waals surface area contributed by atoms with E-state index in [0.717, 1.165) is 32.4 Å². The van der Waals surface area contributed by atoms with Gasteiger partial charge in [0.1, 0.15) is 0 Å². The molecule has 0 spiro atoms. The Morgan fingerprint density at radius 2 is 1.83 bits per heavy atom. The largest absolute Gasteiger partial charge is 0.464 e. The predicted octanol–water partition coefficient (Wildman–Crippen LogP) is 3.34. The molecule has 3 rings (SSSR count). The minimum Gasteiger partial charge on any atom is -0.464 e. The highest BCUT2D eigenvalue weighted by Gasteiger charge is 2.29. The maximum Gasteiger partial charge on any atom is 0.426 e. The van der Waals surface area contributed by atoms with Gasteiger partial charge in [-0.25, -0.2) is 9.80 Å². The molecule has 1 fully saturated rings. The topological polar surface area (TPSA) is 48.7 Å². The standard InChI is InChI=1S/C18H23N3O2/c1-2-15-7-3-4-8-17(15)19-13-9-16(10-14-19)21(18(22)23)20-11-5-6-12-20/h3-8,11-12,16H,2,9-10,13-14H2,1H3,(H,22,23). The van der Waals surface area contributed by atoms with Crippen LogP contribution in [0.25, 0.3) is 0 Å². The van der Waals surface area contributed by atoms with Gasteiger partial charge < -0.3 is 10.0 Å². The minimum absolute atomic E-state index is 0.0185. The summed E-state index contributed by atoms with van der Waals surface area (Å²) in [7, 11) is 0. The van der Waals surface area contributed by atoms with Gasteiger partial charge in [-0.05, 0) is 43.0 Å². The molecule has 0 aliphatic carbocycles. The zero-order valence-electron chi connectivity index (χ0n) is 13.4. The highest BCUT2D eigenvalue weighted by molar-refractivity contribution is 5.77. The summed E-state index contributed by atoms with van der Waals surface area (Å²) in [6.45, 7) is 3.93. The zero-order chi connectivity index (χ0) is 16.2. The van der Waals surface area contributed by atoms with Crippen LogP contribution < -0.4 is 9.91 Å². The van der Waals surface area contributed by atoms with E-state index < -0.39 is 6.09 Å². The molecule has 1 N–H and O–H groups in total. The summed E-state index contributed by atoms with van der Waals surface area (Å²) in [4.78, 5) is 14.0. The Kier molecular flexibility index (Phi) is 4.55. The van der Waals surface area contributed by atoms with E-state index in [1.54, 1.807) is 17.1 Å². The first-order valence-corrected chi connectivity index (χ1v) is 8.19. The smallest absolute Gasteiger partial charge is 0.426 e. The fourth-order valence-electron chi connectivity index (χ4n) is 3.38. The molecule has 2 heterocycles. The number of benzene rings is 1. The third-order valence-electron chi connectivity index (χ3n) is 4.56. The van der Waals surface area contributed by atoms with Crippen LogP contribution in [0.3, 0.4) is 0 Å². The molecule has 122 valence electrons. The number of piperidine rings is 1. The van der Waals surface area contributed by atoms with E-state index >= 15 is 0 Å². The Morgan fingerprint density at radius 1 is 1.17 bits per heavy atom. The Hall–Kier alpha value is -2.43. The van der Waals surface area contributed by atoms with Crippen LogP contribution in [0.2, 0.25) is 0 Å². The fraction of sp³-hybridized carbons (Fsp3) is 0.389. The van der Waals surface area contributed by atoms with Crippen molar-refractivity contribution in [1.29, 1.82) is 0 Å². The van der Waals surface area contributed by atoms with Crippen LogP contribution in [0.15, 0.2) is 48.8 Å². The summed E-state index contributed by atoms with van der Waals surface area (Å²) in [5.41, 5.74) is 2.64. The first kappa shape index (κ1) is 15.5. The number of nitrogens with zero attached hydrogens (tertiary/aromatic N) is 3. The normalized spacial score (nSPS) is 15.6. The number of rotatable bonds is 4. The van der Waals surface area contributed by atoms with E-state index in [-0.39, 0.29) is 6.04 Å². The van der Waals surface area contributed by atoms with Crippen molar-refractivity contribution in [2.24, 2.45) is 0 Å². The third-order valence-corrected chi connectivity index (χ3v) is 4.56. The Bertz CT molecular complexity index is 646. The number of aromatic nitrogens is 1. The maximum atomic E-state index is 11.6. The first-order valence-electron chi connectivity index (χ1n) is 8.19. The van der Waals surface area contributed by atoms with Gasteiger partial charge in [0.25, 0.3) is 0 Å². The summed E-state index contributed by atoms with van der Waals surface area (Å²) in [5.74, 6) is 0. The van der Waals surface area contributed by atoms with Crippen molar-refractivity contribution in [1.82, 2.24) is 4.68 Å². The SMILES string of the molecule is CCc1ccccc1N1CCC(N(C(=O)O)n2cccc2)CC1. The highest BCUT2D eigenvalue weighted by Crippen LogP contribution is 2.26. The van der Waals surface area contributed by atoms with Crippen LogP contribution in [0, 0.1) is 0 Å². The summed E-state index contributed by atoms with van der Waals surface area (Å²) in [5, 5.41) is 11.0. The molecule has 2 aromatic rings. The number of amides is 1. The monoisotopic (exact) mass is 313 g/mol. The van der Waals surface area contributed by atoms with E-state index in [1.807, 2.05) is 12.1 Å².